The average molecular weight is 319 g/mol. The van der Waals surface area contributed by atoms with Crippen molar-refractivity contribution in [2.24, 2.45) is 0 Å². The van der Waals surface area contributed by atoms with Gasteiger partial charge in [-0.2, -0.15) is 4.98 Å². The number of benzene rings is 1. The first-order valence-corrected chi connectivity index (χ1v) is 7.60. The summed E-state index contributed by atoms with van der Waals surface area (Å²) in [6.45, 7) is 4.48. The molecule has 0 bridgehead atoms. The van der Waals surface area contributed by atoms with Gasteiger partial charge in [-0.05, 0) is 12.1 Å². The Bertz CT molecular complexity index is 654. The van der Waals surface area contributed by atoms with Crippen molar-refractivity contribution < 1.29 is 0 Å². The maximum atomic E-state index is 6.26. The van der Waals surface area contributed by atoms with Crippen molar-refractivity contribution >= 4 is 29.1 Å². The second-order valence-electron chi connectivity index (χ2n) is 5.35. The Morgan fingerprint density at radius 3 is 2.50 bits per heavy atom. The van der Waals surface area contributed by atoms with E-state index < -0.39 is 0 Å². The number of anilines is 3. The minimum Gasteiger partial charge on any atom is -0.383 e. The summed E-state index contributed by atoms with van der Waals surface area (Å²) in [5, 5.41) is 0.798. The molecule has 0 unspecified atom stereocenters. The summed E-state index contributed by atoms with van der Waals surface area (Å²) < 4.78 is 0. The Labute approximate surface area is 134 Å². The van der Waals surface area contributed by atoms with Gasteiger partial charge in [-0.25, -0.2) is 4.98 Å². The van der Waals surface area contributed by atoms with Gasteiger partial charge >= 0.3 is 0 Å². The molecule has 0 aliphatic carbocycles. The highest BCUT2D eigenvalue weighted by Gasteiger charge is 2.19. The van der Waals surface area contributed by atoms with Crippen LogP contribution in [0.25, 0.3) is 0 Å². The van der Waals surface area contributed by atoms with Crippen LogP contribution in [0.5, 0.6) is 0 Å². The molecule has 4 N–H and O–H groups in total. The summed E-state index contributed by atoms with van der Waals surface area (Å²) >= 11 is 6.26. The molecule has 6 nitrogen and oxygen atoms in total. The quantitative estimate of drug-likeness (QED) is 0.894. The van der Waals surface area contributed by atoms with Crippen LogP contribution in [0, 0.1) is 0 Å². The molecule has 0 spiro atoms. The number of nitrogens with two attached hydrogens (primary N) is 2. The Hall–Kier alpha value is -2.05. The van der Waals surface area contributed by atoms with Gasteiger partial charge in [0.25, 0.3) is 0 Å². The molecule has 1 aliphatic rings. The van der Waals surface area contributed by atoms with E-state index in [0.717, 1.165) is 49.0 Å². The predicted octanol–water partition coefficient (Wildman–Crippen LogP) is 1.62. The molecule has 1 aromatic heterocycles. The van der Waals surface area contributed by atoms with Crippen LogP contribution in [-0.4, -0.2) is 41.0 Å². The number of halogens is 1. The van der Waals surface area contributed by atoms with Gasteiger partial charge in [-0.1, -0.05) is 23.7 Å². The summed E-state index contributed by atoms with van der Waals surface area (Å²) in [4.78, 5) is 12.7. The molecule has 116 valence electrons. The zero-order valence-electron chi connectivity index (χ0n) is 12.2. The van der Waals surface area contributed by atoms with Crippen molar-refractivity contribution in [2.75, 3.05) is 42.5 Å². The first-order valence-electron chi connectivity index (χ1n) is 7.22. The monoisotopic (exact) mass is 318 g/mol. The lowest BCUT2D eigenvalue weighted by molar-refractivity contribution is 0.250. The molecule has 7 heteroatoms. The predicted molar refractivity (Wildman–Crippen MR) is 89.8 cm³/mol. The summed E-state index contributed by atoms with van der Waals surface area (Å²) in [6.07, 6.45) is 1.71. The van der Waals surface area contributed by atoms with Crippen LogP contribution >= 0.6 is 11.6 Å². The minimum atomic E-state index is 0.213. The molecule has 0 atom stereocenters. The van der Waals surface area contributed by atoms with Crippen LogP contribution < -0.4 is 16.4 Å². The number of hydrogen-bond donors (Lipinski definition) is 2. The summed E-state index contributed by atoms with van der Waals surface area (Å²) in [5.74, 6) is 0.672. The van der Waals surface area contributed by atoms with Crippen LogP contribution in [0.3, 0.4) is 0 Å². The molecule has 2 heterocycles. The molecule has 2 aromatic rings. The molecule has 1 aromatic carbocycles. The van der Waals surface area contributed by atoms with Gasteiger partial charge in [0.2, 0.25) is 5.95 Å². The highest BCUT2D eigenvalue weighted by atomic mass is 35.5. The fourth-order valence-electron chi connectivity index (χ4n) is 2.65. The van der Waals surface area contributed by atoms with Crippen molar-refractivity contribution in [3.8, 4) is 0 Å². The van der Waals surface area contributed by atoms with Crippen LogP contribution in [0.15, 0.2) is 30.5 Å². The van der Waals surface area contributed by atoms with Crippen molar-refractivity contribution in [3.63, 3.8) is 0 Å². The molecule has 1 saturated heterocycles. The van der Waals surface area contributed by atoms with Crippen molar-refractivity contribution in [1.29, 1.82) is 0 Å². The Morgan fingerprint density at radius 2 is 1.82 bits per heavy atom. The minimum absolute atomic E-state index is 0.213. The van der Waals surface area contributed by atoms with Gasteiger partial charge in [0, 0.05) is 44.5 Å². The van der Waals surface area contributed by atoms with E-state index in [2.05, 4.69) is 25.8 Å². The normalized spacial score (nSPS) is 16.0. The number of nitrogen functional groups attached to an aromatic ring is 2. The molecule has 0 radical (unpaired) electrons. The Kier molecular flexibility index (Phi) is 4.31. The van der Waals surface area contributed by atoms with E-state index in [0.29, 0.717) is 5.82 Å². The van der Waals surface area contributed by atoms with Crippen LogP contribution in [0.1, 0.15) is 5.56 Å². The first kappa shape index (κ1) is 14.9. The smallest absolute Gasteiger partial charge is 0.221 e. The van der Waals surface area contributed by atoms with E-state index in [-0.39, 0.29) is 5.95 Å². The van der Waals surface area contributed by atoms with Gasteiger partial charge < -0.3 is 16.4 Å². The lowest BCUT2D eigenvalue weighted by Crippen LogP contribution is -2.46. The average Bonchev–Trinajstić information content (AvgIpc) is 2.51. The third-order valence-corrected chi connectivity index (χ3v) is 4.20. The van der Waals surface area contributed by atoms with Crippen molar-refractivity contribution in [2.45, 2.75) is 6.54 Å². The molecule has 0 amide bonds. The van der Waals surface area contributed by atoms with Gasteiger partial charge in [0.15, 0.2) is 0 Å². The van der Waals surface area contributed by atoms with Crippen LogP contribution in [0.2, 0.25) is 5.02 Å². The SMILES string of the molecule is Nc1ncc(CN2CCN(c3ccccc3Cl)CC2)c(N)n1. The lowest BCUT2D eigenvalue weighted by atomic mass is 10.2. The van der Waals surface area contributed by atoms with Crippen LogP contribution in [0.4, 0.5) is 17.5 Å². The maximum Gasteiger partial charge on any atom is 0.221 e. The number of nitrogens with zero attached hydrogens (tertiary/aromatic N) is 4. The second-order valence-corrected chi connectivity index (χ2v) is 5.76. The van der Waals surface area contributed by atoms with Crippen molar-refractivity contribution in [1.82, 2.24) is 14.9 Å². The summed E-state index contributed by atoms with van der Waals surface area (Å²) in [6, 6.07) is 7.95. The number of rotatable bonds is 3. The molecule has 1 aliphatic heterocycles. The number of hydrogen-bond acceptors (Lipinski definition) is 6. The number of para-hydroxylation sites is 1. The van der Waals surface area contributed by atoms with E-state index in [4.69, 9.17) is 23.1 Å². The molecule has 0 saturated carbocycles. The van der Waals surface area contributed by atoms with E-state index in [1.165, 1.54) is 0 Å². The molecule has 3 rings (SSSR count). The largest absolute Gasteiger partial charge is 0.383 e. The lowest BCUT2D eigenvalue weighted by Gasteiger charge is -2.36. The molecular formula is C15H19ClN6. The summed E-state index contributed by atoms with van der Waals surface area (Å²) in [5.41, 5.74) is 13.4. The number of aromatic nitrogens is 2. The molecule has 1 fully saturated rings. The first-order chi connectivity index (χ1) is 10.6. The highest BCUT2D eigenvalue weighted by molar-refractivity contribution is 6.33. The third-order valence-electron chi connectivity index (χ3n) is 3.88. The van der Waals surface area contributed by atoms with Crippen LogP contribution in [-0.2, 0) is 6.54 Å². The van der Waals surface area contributed by atoms with Gasteiger partial charge in [0.1, 0.15) is 5.82 Å². The topological polar surface area (TPSA) is 84.3 Å². The summed E-state index contributed by atoms with van der Waals surface area (Å²) in [7, 11) is 0. The maximum absolute atomic E-state index is 6.26. The molecular weight excluding hydrogens is 300 g/mol. The zero-order chi connectivity index (χ0) is 15.5. The molecule has 22 heavy (non-hydrogen) atoms. The van der Waals surface area contributed by atoms with Gasteiger partial charge in [-0.15, -0.1) is 0 Å². The Balaban J connectivity index is 1.61. The Morgan fingerprint density at radius 1 is 1.09 bits per heavy atom. The number of piperazine rings is 1. The van der Waals surface area contributed by atoms with E-state index >= 15 is 0 Å². The highest BCUT2D eigenvalue weighted by Crippen LogP contribution is 2.26. The van der Waals surface area contributed by atoms with E-state index in [1.54, 1.807) is 6.20 Å². The zero-order valence-corrected chi connectivity index (χ0v) is 13.0. The van der Waals surface area contributed by atoms with Crippen molar-refractivity contribution in [3.05, 3.63) is 41.0 Å². The second kappa shape index (κ2) is 6.37. The van der Waals surface area contributed by atoms with Gasteiger partial charge in [-0.3, -0.25) is 4.90 Å². The van der Waals surface area contributed by atoms with E-state index in [1.807, 2.05) is 18.2 Å². The third kappa shape index (κ3) is 3.23. The van der Waals surface area contributed by atoms with Gasteiger partial charge in [0.05, 0.1) is 10.7 Å². The standard InChI is InChI=1S/C15H19ClN6/c16-12-3-1-2-4-13(12)22-7-5-21(6-8-22)10-11-9-19-15(18)20-14(11)17/h1-4,9H,5-8,10H2,(H4,17,18,19,20). The fourth-order valence-corrected chi connectivity index (χ4v) is 2.91. The van der Waals surface area contributed by atoms with E-state index in [9.17, 15) is 0 Å². The fraction of sp³-hybridized carbons (Fsp3) is 0.333.